The van der Waals surface area contributed by atoms with Crippen LogP contribution in [0.1, 0.15) is 6.42 Å². The summed E-state index contributed by atoms with van der Waals surface area (Å²) >= 11 is 1.87. The molecule has 0 aliphatic carbocycles. The van der Waals surface area contributed by atoms with Crippen molar-refractivity contribution in [3.8, 4) is 0 Å². The van der Waals surface area contributed by atoms with E-state index in [0.29, 0.717) is 6.61 Å². The van der Waals surface area contributed by atoms with E-state index in [1.54, 1.807) is 0 Å². The van der Waals surface area contributed by atoms with Crippen molar-refractivity contribution in [3.05, 3.63) is 0 Å². The molecule has 0 amide bonds. The first-order chi connectivity index (χ1) is 4.43. The minimum Gasteiger partial charge on any atom is -0.396 e. The fourth-order valence-corrected chi connectivity index (χ4v) is 1.95. The Balaban J connectivity index is 1.98. The molecule has 0 radical (unpaired) electrons. The van der Waals surface area contributed by atoms with E-state index in [1.165, 1.54) is 6.42 Å². The molecule has 1 unspecified atom stereocenters. The molecular formula is C6H13NOS. The highest BCUT2D eigenvalue weighted by Gasteiger charge is 2.13. The molecule has 1 atom stereocenters. The molecule has 0 aromatic heterocycles. The molecule has 0 spiro atoms. The number of rotatable bonds is 3. The van der Waals surface area contributed by atoms with Crippen LogP contribution in [-0.2, 0) is 0 Å². The van der Waals surface area contributed by atoms with Gasteiger partial charge in [0, 0.05) is 17.5 Å². The van der Waals surface area contributed by atoms with Gasteiger partial charge in [0.25, 0.3) is 0 Å². The van der Waals surface area contributed by atoms with E-state index in [2.05, 4.69) is 5.32 Å². The molecule has 0 aromatic carbocycles. The van der Waals surface area contributed by atoms with E-state index in [9.17, 15) is 0 Å². The Labute approximate surface area is 60.0 Å². The average Bonchev–Trinajstić information content (AvgIpc) is 2.34. The summed E-state index contributed by atoms with van der Waals surface area (Å²) in [6.45, 7) is 2.61. The summed E-state index contributed by atoms with van der Waals surface area (Å²) in [6, 6.07) is 0. The molecule has 0 aromatic rings. The van der Waals surface area contributed by atoms with Crippen LogP contribution >= 0.6 is 11.8 Å². The van der Waals surface area contributed by atoms with Gasteiger partial charge < -0.3 is 10.4 Å². The summed E-state index contributed by atoms with van der Waals surface area (Å²) in [4.78, 5) is 0. The van der Waals surface area contributed by atoms with Gasteiger partial charge in [-0.3, -0.25) is 0 Å². The average molecular weight is 147 g/mol. The SMILES string of the molecule is OCCSC1CCNC1. The van der Waals surface area contributed by atoms with Crippen LogP contribution in [-0.4, -0.2) is 35.8 Å². The lowest BCUT2D eigenvalue weighted by molar-refractivity contribution is 0.322. The maximum absolute atomic E-state index is 8.49. The van der Waals surface area contributed by atoms with Gasteiger partial charge in [-0.2, -0.15) is 11.8 Å². The summed E-state index contributed by atoms with van der Waals surface area (Å²) in [5.41, 5.74) is 0. The van der Waals surface area contributed by atoms with Crippen LogP contribution in [0.3, 0.4) is 0 Å². The zero-order chi connectivity index (χ0) is 6.53. The zero-order valence-corrected chi connectivity index (χ0v) is 6.28. The summed E-state index contributed by atoms with van der Waals surface area (Å²) in [6.07, 6.45) is 1.27. The maximum atomic E-state index is 8.49. The number of thioether (sulfide) groups is 1. The predicted molar refractivity (Wildman–Crippen MR) is 40.8 cm³/mol. The second-order valence-corrected chi connectivity index (χ2v) is 3.62. The Bertz CT molecular complexity index is 73.5. The first-order valence-corrected chi connectivity index (χ1v) is 4.41. The van der Waals surface area contributed by atoms with E-state index >= 15 is 0 Å². The Kier molecular flexibility index (Phi) is 3.40. The van der Waals surface area contributed by atoms with Crippen LogP contribution in [0, 0.1) is 0 Å². The third-order valence-electron chi connectivity index (χ3n) is 1.46. The highest BCUT2D eigenvalue weighted by Crippen LogP contribution is 2.15. The minimum atomic E-state index is 0.321. The van der Waals surface area contributed by atoms with Gasteiger partial charge in [-0.25, -0.2) is 0 Å². The fraction of sp³-hybridized carbons (Fsp3) is 1.00. The van der Waals surface area contributed by atoms with Crippen molar-refractivity contribution < 1.29 is 5.11 Å². The van der Waals surface area contributed by atoms with Gasteiger partial charge in [-0.15, -0.1) is 0 Å². The Morgan fingerprint density at radius 1 is 1.67 bits per heavy atom. The van der Waals surface area contributed by atoms with E-state index in [4.69, 9.17) is 5.11 Å². The van der Waals surface area contributed by atoms with Gasteiger partial charge in [0.05, 0.1) is 6.61 Å². The molecule has 2 nitrogen and oxygen atoms in total. The lowest BCUT2D eigenvalue weighted by atomic mass is 10.4. The van der Waals surface area contributed by atoms with Crippen molar-refractivity contribution in [3.63, 3.8) is 0 Å². The molecule has 1 aliphatic rings. The van der Waals surface area contributed by atoms with Gasteiger partial charge in [-0.1, -0.05) is 0 Å². The van der Waals surface area contributed by atoms with Crippen molar-refractivity contribution in [1.29, 1.82) is 0 Å². The molecule has 1 rings (SSSR count). The zero-order valence-electron chi connectivity index (χ0n) is 5.47. The number of nitrogens with one attached hydrogen (secondary N) is 1. The molecule has 1 fully saturated rings. The van der Waals surface area contributed by atoms with Crippen LogP contribution in [0.5, 0.6) is 0 Å². The lowest BCUT2D eigenvalue weighted by Gasteiger charge is -2.04. The van der Waals surface area contributed by atoms with Crippen molar-refractivity contribution in [2.45, 2.75) is 11.7 Å². The molecule has 0 bridgehead atoms. The van der Waals surface area contributed by atoms with Gasteiger partial charge in [0.2, 0.25) is 0 Å². The molecule has 2 N–H and O–H groups in total. The molecular weight excluding hydrogens is 134 g/mol. The van der Waals surface area contributed by atoms with E-state index in [0.717, 1.165) is 24.1 Å². The van der Waals surface area contributed by atoms with Crippen LogP contribution in [0.15, 0.2) is 0 Å². The number of aliphatic hydroxyl groups is 1. The fourth-order valence-electron chi connectivity index (χ4n) is 0.990. The lowest BCUT2D eigenvalue weighted by Crippen LogP contribution is -2.10. The summed E-state index contributed by atoms with van der Waals surface area (Å²) in [5.74, 6) is 0.895. The van der Waals surface area contributed by atoms with Gasteiger partial charge in [0.1, 0.15) is 0 Å². The monoisotopic (exact) mass is 147 g/mol. The summed E-state index contributed by atoms with van der Waals surface area (Å²) in [5, 5.41) is 12.5. The normalized spacial score (nSPS) is 27.0. The molecule has 9 heavy (non-hydrogen) atoms. The van der Waals surface area contributed by atoms with Crippen LogP contribution in [0.4, 0.5) is 0 Å². The van der Waals surface area contributed by atoms with Crippen LogP contribution in [0.2, 0.25) is 0 Å². The largest absolute Gasteiger partial charge is 0.396 e. The Morgan fingerprint density at radius 3 is 3.11 bits per heavy atom. The van der Waals surface area contributed by atoms with Crippen molar-refractivity contribution >= 4 is 11.8 Å². The van der Waals surface area contributed by atoms with Crippen molar-refractivity contribution in [2.75, 3.05) is 25.4 Å². The van der Waals surface area contributed by atoms with Crippen LogP contribution < -0.4 is 5.32 Å². The van der Waals surface area contributed by atoms with Crippen molar-refractivity contribution in [1.82, 2.24) is 5.32 Å². The second kappa shape index (κ2) is 4.14. The minimum absolute atomic E-state index is 0.321. The van der Waals surface area contributed by atoms with E-state index in [-0.39, 0.29) is 0 Å². The first-order valence-electron chi connectivity index (χ1n) is 3.36. The van der Waals surface area contributed by atoms with E-state index in [1.807, 2.05) is 11.8 Å². The van der Waals surface area contributed by atoms with Crippen molar-refractivity contribution in [2.24, 2.45) is 0 Å². The Morgan fingerprint density at radius 2 is 2.56 bits per heavy atom. The second-order valence-electron chi connectivity index (χ2n) is 2.21. The molecule has 3 heteroatoms. The summed E-state index contributed by atoms with van der Waals surface area (Å²) < 4.78 is 0. The molecule has 1 heterocycles. The quantitative estimate of drug-likeness (QED) is 0.592. The highest BCUT2D eigenvalue weighted by atomic mass is 32.2. The van der Waals surface area contributed by atoms with Crippen LogP contribution in [0.25, 0.3) is 0 Å². The third kappa shape index (κ3) is 2.56. The molecule has 54 valence electrons. The Hall–Kier alpha value is 0.270. The highest BCUT2D eigenvalue weighted by molar-refractivity contribution is 7.99. The maximum Gasteiger partial charge on any atom is 0.0521 e. The smallest absolute Gasteiger partial charge is 0.0521 e. The molecule has 0 saturated carbocycles. The van der Waals surface area contributed by atoms with Gasteiger partial charge in [0.15, 0.2) is 0 Å². The third-order valence-corrected chi connectivity index (χ3v) is 2.75. The molecule has 1 saturated heterocycles. The number of hydrogen-bond donors (Lipinski definition) is 2. The van der Waals surface area contributed by atoms with Gasteiger partial charge >= 0.3 is 0 Å². The van der Waals surface area contributed by atoms with Gasteiger partial charge in [-0.05, 0) is 13.0 Å². The number of hydrogen-bond acceptors (Lipinski definition) is 3. The topological polar surface area (TPSA) is 32.3 Å². The summed E-state index contributed by atoms with van der Waals surface area (Å²) in [7, 11) is 0. The standard InChI is InChI=1S/C6H13NOS/c8-3-4-9-6-1-2-7-5-6/h6-8H,1-5H2. The predicted octanol–water partition coefficient (Wildman–Crippen LogP) is 0.0738. The van der Waals surface area contributed by atoms with E-state index < -0.39 is 0 Å². The number of aliphatic hydroxyl groups excluding tert-OH is 1. The molecule has 1 aliphatic heterocycles. The first kappa shape index (κ1) is 7.38.